The summed E-state index contributed by atoms with van der Waals surface area (Å²) in [5.74, 6) is 1.08. The van der Waals surface area contributed by atoms with Crippen LogP contribution in [-0.2, 0) is 17.9 Å². The molecule has 1 aliphatic heterocycles. The van der Waals surface area contributed by atoms with Crippen LogP contribution in [0.15, 0.2) is 53.1 Å². The van der Waals surface area contributed by atoms with Crippen LogP contribution < -0.4 is 4.74 Å². The molecule has 5 rings (SSSR count). The molecular weight excluding hydrogens is 389 g/mol. The van der Waals surface area contributed by atoms with Gasteiger partial charge in [0, 0.05) is 0 Å². The fraction of sp³-hybridized carbons (Fsp3) is 0.238. The Morgan fingerprint density at radius 2 is 2.00 bits per heavy atom. The highest BCUT2D eigenvalue weighted by atomic mass is 19.1. The van der Waals surface area contributed by atoms with Gasteiger partial charge < -0.3 is 14.0 Å². The highest BCUT2D eigenvalue weighted by Gasteiger charge is 2.28. The van der Waals surface area contributed by atoms with Gasteiger partial charge in [-0.25, -0.2) is 9.07 Å². The van der Waals surface area contributed by atoms with E-state index in [2.05, 4.69) is 20.5 Å². The van der Waals surface area contributed by atoms with Crippen molar-refractivity contribution in [1.82, 2.24) is 25.1 Å². The SMILES string of the molecule is CCOc1ccccc1-c1noc(-c2nnn3c2CO[C@H](c2ccc(F)cc2)C3)n1. The third-order valence-electron chi connectivity index (χ3n) is 4.90. The number of hydrogen-bond donors (Lipinski definition) is 0. The summed E-state index contributed by atoms with van der Waals surface area (Å²) < 4.78 is 32.0. The van der Waals surface area contributed by atoms with Gasteiger partial charge in [0.05, 0.1) is 31.0 Å². The highest BCUT2D eigenvalue weighted by molar-refractivity contribution is 5.65. The molecule has 0 saturated carbocycles. The van der Waals surface area contributed by atoms with E-state index in [0.29, 0.717) is 30.4 Å². The monoisotopic (exact) mass is 407 g/mol. The van der Waals surface area contributed by atoms with Crippen LogP contribution in [0.5, 0.6) is 5.75 Å². The molecule has 30 heavy (non-hydrogen) atoms. The van der Waals surface area contributed by atoms with E-state index in [9.17, 15) is 4.39 Å². The molecule has 2 aromatic heterocycles. The summed E-state index contributed by atoms with van der Waals surface area (Å²) in [4.78, 5) is 4.49. The average molecular weight is 407 g/mol. The summed E-state index contributed by atoms with van der Waals surface area (Å²) >= 11 is 0. The van der Waals surface area contributed by atoms with Crippen molar-refractivity contribution in [3.05, 3.63) is 65.6 Å². The van der Waals surface area contributed by atoms with Crippen LogP contribution in [0.2, 0.25) is 0 Å². The lowest BCUT2D eigenvalue weighted by Crippen LogP contribution is -2.22. The van der Waals surface area contributed by atoms with Gasteiger partial charge in [-0.05, 0) is 36.8 Å². The predicted molar refractivity (Wildman–Crippen MR) is 104 cm³/mol. The Balaban J connectivity index is 1.41. The van der Waals surface area contributed by atoms with E-state index in [4.69, 9.17) is 14.0 Å². The number of para-hydroxylation sites is 1. The summed E-state index contributed by atoms with van der Waals surface area (Å²) in [6.45, 7) is 3.19. The van der Waals surface area contributed by atoms with Gasteiger partial charge in [0.15, 0.2) is 5.69 Å². The third-order valence-corrected chi connectivity index (χ3v) is 4.90. The third kappa shape index (κ3) is 3.33. The van der Waals surface area contributed by atoms with Crippen molar-refractivity contribution < 1.29 is 18.4 Å². The summed E-state index contributed by atoms with van der Waals surface area (Å²) in [7, 11) is 0. The molecule has 8 nitrogen and oxygen atoms in total. The number of fused-ring (bicyclic) bond motifs is 1. The standard InChI is InChI=1S/C21H18FN5O3/c1-2-28-17-6-4-3-5-15(17)20-23-21(30-25-20)19-16-12-29-18(11-27(16)26-24-19)13-7-9-14(22)10-8-13/h3-10,18H,2,11-12H2,1H3/t18-/m0/s1. The van der Waals surface area contributed by atoms with Gasteiger partial charge in [-0.1, -0.05) is 34.6 Å². The van der Waals surface area contributed by atoms with Crippen molar-refractivity contribution in [1.29, 1.82) is 0 Å². The summed E-state index contributed by atoms with van der Waals surface area (Å²) in [6, 6.07) is 13.8. The van der Waals surface area contributed by atoms with Crippen LogP contribution in [0.1, 0.15) is 24.3 Å². The van der Waals surface area contributed by atoms with E-state index in [1.807, 2.05) is 31.2 Å². The lowest BCUT2D eigenvalue weighted by molar-refractivity contribution is -0.00120. The minimum absolute atomic E-state index is 0.232. The molecule has 0 amide bonds. The van der Waals surface area contributed by atoms with Gasteiger partial charge in [-0.2, -0.15) is 4.98 Å². The Bertz CT molecular complexity index is 1170. The van der Waals surface area contributed by atoms with Crippen LogP contribution in [0.4, 0.5) is 4.39 Å². The predicted octanol–water partition coefficient (Wildman–Crippen LogP) is 3.80. The molecule has 2 aromatic carbocycles. The maximum Gasteiger partial charge on any atom is 0.280 e. The molecule has 0 aliphatic carbocycles. The summed E-state index contributed by atoms with van der Waals surface area (Å²) in [6.07, 6.45) is -0.232. The van der Waals surface area contributed by atoms with Crippen LogP contribution >= 0.6 is 0 Å². The van der Waals surface area contributed by atoms with Crippen LogP contribution in [-0.4, -0.2) is 31.7 Å². The van der Waals surface area contributed by atoms with Crippen molar-refractivity contribution in [3.63, 3.8) is 0 Å². The quantitative estimate of drug-likeness (QED) is 0.497. The van der Waals surface area contributed by atoms with E-state index in [1.165, 1.54) is 12.1 Å². The molecule has 1 atom stereocenters. The van der Waals surface area contributed by atoms with Crippen LogP contribution in [0.25, 0.3) is 23.0 Å². The first-order chi connectivity index (χ1) is 14.7. The van der Waals surface area contributed by atoms with E-state index in [1.54, 1.807) is 16.8 Å². The Hall–Kier alpha value is -3.59. The number of nitrogens with zero attached hydrogens (tertiary/aromatic N) is 5. The van der Waals surface area contributed by atoms with E-state index in [-0.39, 0.29) is 24.4 Å². The first-order valence-corrected chi connectivity index (χ1v) is 9.58. The zero-order valence-corrected chi connectivity index (χ0v) is 16.2. The average Bonchev–Trinajstić information content (AvgIpc) is 3.41. The smallest absolute Gasteiger partial charge is 0.280 e. The number of halogens is 1. The molecule has 0 saturated heterocycles. The molecule has 152 valence electrons. The van der Waals surface area contributed by atoms with Crippen LogP contribution in [0.3, 0.4) is 0 Å². The minimum atomic E-state index is -0.281. The van der Waals surface area contributed by atoms with Crippen molar-refractivity contribution in [3.8, 4) is 28.7 Å². The van der Waals surface area contributed by atoms with E-state index < -0.39 is 0 Å². The van der Waals surface area contributed by atoms with Crippen molar-refractivity contribution >= 4 is 0 Å². The fourth-order valence-electron chi connectivity index (χ4n) is 3.42. The number of benzene rings is 2. The molecule has 0 fully saturated rings. The normalized spacial score (nSPS) is 15.7. The number of rotatable bonds is 5. The first-order valence-electron chi connectivity index (χ1n) is 9.58. The Kier molecular flexibility index (Phi) is 4.72. The number of aromatic nitrogens is 5. The van der Waals surface area contributed by atoms with Crippen LogP contribution in [0, 0.1) is 5.82 Å². The largest absolute Gasteiger partial charge is 0.493 e. The fourth-order valence-corrected chi connectivity index (χ4v) is 3.42. The van der Waals surface area contributed by atoms with Gasteiger partial charge in [-0.15, -0.1) is 5.10 Å². The maximum atomic E-state index is 13.2. The van der Waals surface area contributed by atoms with Gasteiger partial charge in [-0.3, -0.25) is 0 Å². The first kappa shape index (κ1) is 18.4. The second-order valence-corrected chi connectivity index (χ2v) is 6.77. The Labute approximate surface area is 171 Å². The van der Waals surface area contributed by atoms with Gasteiger partial charge in [0.2, 0.25) is 5.82 Å². The topological polar surface area (TPSA) is 88.1 Å². The summed E-state index contributed by atoms with van der Waals surface area (Å²) in [5.41, 5.74) is 2.86. The number of hydrogen-bond acceptors (Lipinski definition) is 7. The lowest BCUT2D eigenvalue weighted by atomic mass is 10.1. The second-order valence-electron chi connectivity index (χ2n) is 6.77. The minimum Gasteiger partial charge on any atom is -0.493 e. The zero-order chi connectivity index (χ0) is 20.5. The van der Waals surface area contributed by atoms with Crippen molar-refractivity contribution in [2.45, 2.75) is 26.2 Å². The maximum absolute atomic E-state index is 13.2. The van der Waals surface area contributed by atoms with E-state index in [0.717, 1.165) is 16.8 Å². The molecular formula is C21H18FN5O3. The molecule has 4 aromatic rings. The van der Waals surface area contributed by atoms with Crippen molar-refractivity contribution in [2.75, 3.05) is 6.61 Å². The molecule has 3 heterocycles. The molecule has 9 heteroatoms. The molecule has 0 spiro atoms. The number of ether oxygens (including phenoxy) is 2. The second kappa shape index (κ2) is 7.68. The molecule has 0 unspecified atom stereocenters. The van der Waals surface area contributed by atoms with E-state index >= 15 is 0 Å². The molecule has 1 aliphatic rings. The van der Waals surface area contributed by atoms with Gasteiger partial charge in [0.1, 0.15) is 17.7 Å². The van der Waals surface area contributed by atoms with Gasteiger partial charge >= 0.3 is 0 Å². The Morgan fingerprint density at radius 1 is 1.17 bits per heavy atom. The highest BCUT2D eigenvalue weighted by Crippen LogP contribution is 2.32. The molecule has 0 N–H and O–H groups in total. The molecule has 0 radical (unpaired) electrons. The lowest BCUT2D eigenvalue weighted by Gasteiger charge is -2.24. The van der Waals surface area contributed by atoms with Crippen molar-refractivity contribution in [2.24, 2.45) is 0 Å². The Morgan fingerprint density at radius 3 is 2.83 bits per heavy atom. The van der Waals surface area contributed by atoms with Gasteiger partial charge in [0.25, 0.3) is 5.89 Å². The zero-order valence-electron chi connectivity index (χ0n) is 16.2. The molecule has 0 bridgehead atoms. The summed E-state index contributed by atoms with van der Waals surface area (Å²) in [5, 5.41) is 12.5.